The Morgan fingerprint density at radius 3 is 2.53 bits per heavy atom. The number of ether oxygens (including phenoxy) is 3. The molecule has 0 unspecified atom stereocenters. The fraction of sp³-hybridized carbons (Fsp3) is 0.150. The number of hydrazine groups is 1. The number of amides is 2. The summed E-state index contributed by atoms with van der Waals surface area (Å²) in [6.07, 6.45) is 1.66. The largest absolute Gasteiger partial charge is 0.493 e. The molecule has 0 aliphatic carbocycles. The zero-order valence-electron chi connectivity index (χ0n) is 16.0. The number of thiocarbonyl (C=S) groups is 1. The highest BCUT2D eigenvalue weighted by atomic mass is 35.5. The quantitative estimate of drug-likeness (QED) is 0.495. The van der Waals surface area contributed by atoms with Gasteiger partial charge in [-0.05, 0) is 60.3 Å². The predicted molar refractivity (Wildman–Crippen MR) is 120 cm³/mol. The van der Waals surface area contributed by atoms with Crippen LogP contribution in [0.5, 0.6) is 17.2 Å². The Labute approximate surface area is 187 Å². The van der Waals surface area contributed by atoms with Gasteiger partial charge in [-0.15, -0.1) is 0 Å². The molecule has 0 aromatic heterocycles. The molecule has 1 saturated heterocycles. The Kier molecular flexibility index (Phi) is 7.20. The van der Waals surface area contributed by atoms with E-state index in [0.29, 0.717) is 27.2 Å². The zero-order chi connectivity index (χ0) is 21.7. The van der Waals surface area contributed by atoms with Gasteiger partial charge in [-0.1, -0.05) is 29.4 Å². The topological polar surface area (TPSA) is 77.1 Å². The molecule has 2 amide bonds. The van der Waals surface area contributed by atoms with Crippen molar-refractivity contribution in [3.8, 4) is 17.2 Å². The minimum atomic E-state index is -0.520. The zero-order valence-corrected chi connectivity index (χ0v) is 18.4. The van der Waals surface area contributed by atoms with Gasteiger partial charge < -0.3 is 14.2 Å². The van der Waals surface area contributed by atoms with E-state index < -0.39 is 11.8 Å². The normalized spacial score (nSPS) is 14.8. The molecule has 1 aliphatic heterocycles. The summed E-state index contributed by atoms with van der Waals surface area (Å²) < 4.78 is 16.1. The number of nitrogens with one attached hydrogen (secondary N) is 1. The second-order valence-electron chi connectivity index (χ2n) is 5.91. The van der Waals surface area contributed by atoms with Crippen LogP contribution in [0.2, 0.25) is 5.02 Å². The molecule has 0 spiro atoms. The highest BCUT2D eigenvalue weighted by Crippen LogP contribution is 2.33. The van der Waals surface area contributed by atoms with Crippen molar-refractivity contribution in [2.24, 2.45) is 0 Å². The Morgan fingerprint density at radius 2 is 1.87 bits per heavy atom. The second kappa shape index (κ2) is 9.84. The highest BCUT2D eigenvalue weighted by Gasteiger charge is 2.33. The number of rotatable bonds is 7. The van der Waals surface area contributed by atoms with Crippen molar-refractivity contribution in [2.75, 3.05) is 20.8 Å². The van der Waals surface area contributed by atoms with Crippen LogP contribution in [-0.4, -0.2) is 42.0 Å². The van der Waals surface area contributed by atoms with Crippen LogP contribution in [0.1, 0.15) is 5.56 Å². The Bertz CT molecular complexity index is 1010. The molecule has 156 valence electrons. The van der Waals surface area contributed by atoms with Crippen molar-refractivity contribution in [1.29, 1.82) is 0 Å². The van der Waals surface area contributed by atoms with E-state index >= 15 is 0 Å². The summed E-state index contributed by atoms with van der Waals surface area (Å²) in [4.78, 5) is 25.2. The first-order valence-corrected chi connectivity index (χ1v) is 10.2. The standard InChI is InChI=1S/C20H17ClN2O5S2/c1-26-15-8-3-12(9-16(15)27-2)10-17-19(25)23(20(29)30-17)22-18(24)11-28-14-6-4-13(21)5-7-14/h3-10H,11H2,1-2H3,(H,22,24)/b17-10+. The lowest BCUT2D eigenvalue weighted by atomic mass is 10.2. The third-order valence-electron chi connectivity index (χ3n) is 3.92. The minimum Gasteiger partial charge on any atom is -0.493 e. The predicted octanol–water partition coefficient (Wildman–Crippen LogP) is 3.67. The number of halogens is 1. The van der Waals surface area contributed by atoms with Crippen LogP contribution in [-0.2, 0) is 9.59 Å². The van der Waals surface area contributed by atoms with Crippen molar-refractivity contribution in [1.82, 2.24) is 10.4 Å². The molecule has 30 heavy (non-hydrogen) atoms. The van der Waals surface area contributed by atoms with Crippen molar-refractivity contribution in [3.63, 3.8) is 0 Å². The summed E-state index contributed by atoms with van der Waals surface area (Å²) in [5, 5.41) is 1.59. The molecule has 0 bridgehead atoms. The van der Waals surface area contributed by atoms with Gasteiger partial charge in [0.2, 0.25) is 0 Å². The van der Waals surface area contributed by atoms with Crippen molar-refractivity contribution < 1.29 is 23.8 Å². The summed E-state index contributed by atoms with van der Waals surface area (Å²) in [5.74, 6) is 0.645. The first-order chi connectivity index (χ1) is 14.4. The fourth-order valence-electron chi connectivity index (χ4n) is 2.49. The number of thioether (sulfide) groups is 1. The van der Waals surface area contributed by atoms with Crippen LogP contribution >= 0.6 is 35.6 Å². The number of nitrogens with zero attached hydrogens (tertiary/aromatic N) is 1. The third kappa shape index (κ3) is 5.24. The van der Waals surface area contributed by atoms with Gasteiger partial charge >= 0.3 is 0 Å². The maximum absolute atomic E-state index is 12.7. The van der Waals surface area contributed by atoms with E-state index in [0.717, 1.165) is 22.3 Å². The molecule has 1 aliphatic rings. The van der Waals surface area contributed by atoms with Gasteiger partial charge in [-0.25, -0.2) is 0 Å². The SMILES string of the molecule is COc1ccc(/C=C2/SC(=S)N(NC(=O)COc3ccc(Cl)cc3)C2=O)cc1OC. The third-order valence-corrected chi connectivity index (χ3v) is 5.47. The monoisotopic (exact) mass is 464 g/mol. The molecule has 1 fully saturated rings. The first-order valence-electron chi connectivity index (χ1n) is 8.59. The van der Waals surface area contributed by atoms with Crippen molar-refractivity contribution in [2.45, 2.75) is 0 Å². The van der Waals surface area contributed by atoms with E-state index in [4.69, 9.17) is 38.0 Å². The summed E-state index contributed by atoms with van der Waals surface area (Å²) in [6.45, 7) is -0.284. The molecule has 10 heteroatoms. The van der Waals surface area contributed by atoms with E-state index in [1.807, 2.05) is 0 Å². The van der Waals surface area contributed by atoms with Gasteiger partial charge in [0, 0.05) is 5.02 Å². The van der Waals surface area contributed by atoms with Gasteiger partial charge in [0.25, 0.3) is 11.8 Å². The molecule has 0 saturated carbocycles. The number of benzene rings is 2. The molecule has 3 rings (SSSR count). The Balaban J connectivity index is 1.64. The van der Waals surface area contributed by atoms with Gasteiger partial charge in [0.15, 0.2) is 22.4 Å². The van der Waals surface area contributed by atoms with Crippen LogP contribution in [0, 0.1) is 0 Å². The van der Waals surface area contributed by atoms with E-state index in [9.17, 15) is 9.59 Å². The number of hydrogen-bond donors (Lipinski definition) is 1. The molecular weight excluding hydrogens is 448 g/mol. The van der Waals surface area contributed by atoms with Crippen LogP contribution in [0.15, 0.2) is 47.4 Å². The minimum absolute atomic E-state index is 0.214. The maximum Gasteiger partial charge on any atom is 0.285 e. The van der Waals surface area contributed by atoms with Gasteiger partial charge in [-0.3, -0.25) is 15.0 Å². The van der Waals surface area contributed by atoms with Gasteiger partial charge in [-0.2, -0.15) is 5.01 Å². The lowest BCUT2D eigenvalue weighted by Gasteiger charge is -2.15. The second-order valence-corrected chi connectivity index (χ2v) is 8.02. The molecule has 2 aromatic rings. The fourth-order valence-corrected chi connectivity index (χ4v) is 3.80. The molecule has 0 atom stereocenters. The van der Waals surface area contributed by atoms with Crippen molar-refractivity contribution in [3.05, 3.63) is 58.0 Å². The van der Waals surface area contributed by atoms with Crippen LogP contribution in [0.3, 0.4) is 0 Å². The average molecular weight is 465 g/mol. The van der Waals surface area contributed by atoms with E-state index in [1.54, 1.807) is 55.7 Å². The number of hydrogen-bond acceptors (Lipinski definition) is 7. The summed E-state index contributed by atoms with van der Waals surface area (Å²) >= 11 is 12.1. The molecule has 2 aromatic carbocycles. The van der Waals surface area contributed by atoms with E-state index in [-0.39, 0.29) is 10.9 Å². The highest BCUT2D eigenvalue weighted by molar-refractivity contribution is 8.26. The molecule has 1 heterocycles. The molecule has 0 radical (unpaired) electrons. The molecule has 1 N–H and O–H groups in total. The Morgan fingerprint density at radius 1 is 1.17 bits per heavy atom. The summed E-state index contributed by atoms with van der Waals surface area (Å²) in [6, 6.07) is 11.8. The summed E-state index contributed by atoms with van der Waals surface area (Å²) in [5.41, 5.74) is 3.19. The smallest absolute Gasteiger partial charge is 0.285 e. The molecular formula is C20H17ClN2O5S2. The van der Waals surface area contributed by atoms with Gasteiger partial charge in [0.05, 0.1) is 19.1 Å². The van der Waals surface area contributed by atoms with Crippen LogP contribution < -0.4 is 19.6 Å². The van der Waals surface area contributed by atoms with Gasteiger partial charge in [0.1, 0.15) is 5.75 Å². The van der Waals surface area contributed by atoms with E-state index in [1.165, 1.54) is 7.11 Å². The van der Waals surface area contributed by atoms with E-state index in [2.05, 4.69) is 5.43 Å². The van der Waals surface area contributed by atoms with Crippen LogP contribution in [0.4, 0.5) is 0 Å². The Hall–Kier alpha value is -2.75. The lowest BCUT2D eigenvalue weighted by molar-refractivity contribution is -0.134. The maximum atomic E-state index is 12.7. The van der Waals surface area contributed by atoms with Crippen LogP contribution in [0.25, 0.3) is 6.08 Å². The number of carbonyl (C=O) groups is 2. The molecule has 7 nitrogen and oxygen atoms in total. The van der Waals surface area contributed by atoms with Crippen molar-refractivity contribution >= 4 is 57.8 Å². The summed E-state index contributed by atoms with van der Waals surface area (Å²) in [7, 11) is 3.07. The number of carbonyl (C=O) groups excluding carboxylic acids is 2. The number of methoxy groups -OCH3 is 2. The lowest BCUT2D eigenvalue weighted by Crippen LogP contribution is -2.46. The first kappa shape index (κ1) is 21.9. The average Bonchev–Trinajstić information content (AvgIpc) is 3.00.